The first-order valence-corrected chi connectivity index (χ1v) is 5.90. The number of hydrogen-bond donors (Lipinski definition) is 1. The van der Waals surface area contributed by atoms with Crippen molar-refractivity contribution in [2.75, 3.05) is 7.11 Å². The summed E-state index contributed by atoms with van der Waals surface area (Å²) in [6.45, 7) is 7.49. The first-order valence-electron chi connectivity index (χ1n) is 5.90. The lowest BCUT2D eigenvalue weighted by atomic mass is 10.0. The SMILES string of the molecule is CCC(C)C(C)NCc1cccc(OC)n1. The summed E-state index contributed by atoms with van der Waals surface area (Å²) < 4.78 is 5.09. The molecule has 0 aliphatic carbocycles. The maximum absolute atomic E-state index is 5.09. The van der Waals surface area contributed by atoms with Crippen molar-refractivity contribution in [2.24, 2.45) is 5.92 Å². The zero-order valence-corrected chi connectivity index (χ0v) is 10.7. The molecule has 1 N–H and O–H groups in total. The fraction of sp³-hybridized carbons (Fsp3) is 0.615. The van der Waals surface area contributed by atoms with Gasteiger partial charge in [0.15, 0.2) is 0 Å². The van der Waals surface area contributed by atoms with Crippen LogP contribution in [-0.2, 0) is 6.54 Å². The molecule has 1 aromatic rings. The summed E-state index contributed by atoms with van der Waals surface area (Å²) in [6.07, 6.45) is 1.19. The van der Waals surface area contributed by atoms with Crippen molar-refractivity contribution in [2.45, 2.75) is 39.8 Å². The molecule has 0 fully saturated rings. The van der Waals surface area contributed by atoms with E-state index in [4.69, 9.17) is 4.74 Å². The van der Waals surface area contributed by atoms with Crippen LogP contribution in [0.3, 0.4) is 0 Å². The summed E-state index contributed by atoms with van der Waals surface area (Å²) in [5, 5.41) is 3.48. The zero-order chi connectivity index (χ0) is 12.0. The number of hydrogen-bond acceptors (Lipinski definition) is 3. The Balaban J connectivity index is 2.47. The van der Waals surface area contributed by atoms with Crippen LogP contribution in [0.1, 0.15) is 32.9 Å². The molecule has 0 spiro atoms. The number of rotatable bonds is 6. The highest BCUT2D eigenvalue weighted by molar-refractivity contribution is 5.15. The molecule has 0 aromatic carbocycles. The highest BCUT2D eigenvalue weighted by atomic mass is 16.5. The lowest BCUT2D eigenvalue weighted by molar-refractivity contribution is 0.380. The molecule has 1 rings (SSSR count). The number of ether oxygens (including phenoxy) is 1. The average Bonchev–Trinajstić information content (AvgIpc) is 2.35. The molecule has 0 saturated carbocycles. The third-order valence-electron chi connectivity index (χ3n) is 3.09. The van der Waals surface area contributed by atoms with Gasteiger partial charge in [0.05, 0.1) is 12.8 Å². The van der Waals surface area contributed by atoms with E-state index in [-0.39, 0.29) is 0 Å². The number of nitrogens with zero attached hydrogens (tertiary/aromatic N) is 1. The van der Waals surface area contributed by atoms with Gasteiger partial charge < -0.3 is 10.1 Å². The van der Waals surface area contributed by atoms with Gasteiger partial charge in [0, 0.05) is 18.7 Å². The normalized spacial score (nSPS) is 14.5. The van der Waals surface area contributed by atoms with E-state index in [1.165, 1.54) is 6.42 Å². The number of nitrogens with one attached hydrogen (secondary N) is 1. The van der Waals surface area contributed by atoms with Crippen LogP contribution in [0, 0.1) is 5.92 Å². The van der Waals surface area contributed by atoms with Crippen molar-refractivity contribution < 1.29 is 4.74 Å². The largest absolute Gasteiger partial charge is 0.481 e. The van der Waals surface area contributed by atoms with Gasteiger partial charge in [-0.05, 0) is 18.9 Å². The second-order valence-electron chi connectivity index (χ2n) is 4.23. The summed E-state index contributed by atoms with van der Waals surface area (Å²) in [4.78, 5) is 4.36. The van der Waals surface area contributed by atoms with Crippen molar-refractivity contribution in [1.82, 2.24) is 10.3 Å². The van der Waals surface area contributed by atoms with Gasteiger partial charge in [0.1, 0.15) is 0 Å². The molecule has 3 nitrogen and oxygen atoms in total. The minimum absolute atomic E-state index is 0.512. The van der Waals surface area contributed by atoms with Crippen LogP contribution in [0.2, 0.25) is 0 Å². The van der Waals surface area contributed by atoms with Gasteiger partial charge in [-0.3, -0.25) is 0 Å². The van der Waals surface area contributed by atoms with E-state index in [9.17, 15) is 0 Å². The monoisotopic (exact) mass is 222 g/mol. The van der Waals surface area contributed by atoms with Gasteiger partial charge >= 0.3 is 0 Å². The molecule has 0 aliphatic rings. The van der Waals surface area contributed by atoms with Crippen molar-refractivity contribution in [1.29, 1.82) is 0 Å². The van der Waals surface area contributed by atoms with Gasteiger partial charge in [-0.2, -0.15) is 0 Å². The average molecular weight is 222 g/mol. The van der Waals surface area contributed by atoms with Crippen LogP contribution in [0.4, 0.5) is 0 Å². The summed E-state index contributed by atoms with van der Waals surface area (Å²) >= 11 is 0. The Morgan fingerprint density at radius 3 is 2.75 bits per heavy atom. The lowest BCUT2D eigenvalue weighted by Crippen LogP contribution is -2.31. The minimum atomic E-state index is 0.512. The maximum atomic E-state index is 5.09. The Bertz CT molecular complexity index is 315. The van der Waals surface area contributed by atoms with E-state index in [1.54, 1.807) is 7.11 Å². The van der Waals surface area contributed by atoms with E-state index >= 15 is 0 Å². The minimum Gasteiger partial charge on any atom is -0.481 e. The van der Waals surface area contributed by atoms with Crippen LogP contribution in [0.5, 0.6) is 5.88 Å². The molecule has 0 amide bonds. The number of methoxy groups -OCH3 is 1. The third-order valence-corrected chi connectivity index (χ3v) is 3.09. The van der Waals surface area contributed by atoms with Gasteiger partial charge in [-0.1, -0.05) is 26.3 Å². The first kappa shape index (κ1) is 13.0. The van der Waals surface area contributed by atoms with E-state index in [0.29, 0.717) is 17.8 Å². The molecule has 3 heteroatoms. The van der Waals surface area contributed by atoms with Crippen molar-refractivity contribution in [3.05, 3.63) is 23.9 Å². The molecule has 0 radical (unpaired) electrons. The fourth-order valence-electron chi connectivity index (χ4n) is 1.49. The summed E-state index contributed by atoms with van der Waals surface area (Å²) in [5.74, 6) is 1.36. The predicted molar refractivity (Wildman–Crippen MR) is 66.5 cm³/mol. The fourth-order valence-corrected chi connectivity index (χ4v) is 1.49. The van der Waals surface area contributed by atoms with E-state index in [0.717, 1.165) is 12.2 Å². The molecule has 90 valence electrons. The highest BCUT2D eigenvalue weighted by Gasteiger charge is 2.09. The standard InChI is InChI=1S/C13H22N2O/c1-5-10(2)11(3)14-9-12-7-6-8-13(15-12)16-4/h6-8,10-11,14H,5,9H2,1-4H3. The van der Waals surface area contributed by atoms with Crippen LogP contribution >= 0.6 is 0 Å². The van der Waals surface area contributed by atoms with Crippen molar-refractivity contribution in [3.63, 3.8) is 0 Å². The Morgan fingerprint density at radius 1 is 1.38 bits per heavy atom. The molecule has 0 saturated heterocycles. The Hall–Kier alpha value is -1.09. The highest BCUT2D eigenvalue weighted by Crippen LogP contribution is 2.09. The number of aromatic nitrogens is 1. The summed E-state index contributed by atoms with van der Waals surface area (Å²) in [6, 6.07) is 6.36. The molecular formula is C13H22N2O. The first-order chi connectivity index (χ1) is 7.67. The molecule has 2 unspecified atom stereocenters. The molecule has 2 atom stereocenters. The van der Waals surface area contributed by atoms with Crippen LogP contribution in [0.15, 0.2) is 18.2 Å². The van der Waals surface area contributed by atoms with Crippen LogP contribution in [-0.4, -0.2) is 18.1 Å². The van der Waals surface area contributed by atoms with Gasteiger partial charge in [0.25, 0.3) is 0 Å². The maximum Gasteiger partial charge on any atom is 0.213 e. The molecule has 1 heterocycles. The third kappa shape index (κ3) is 3.81. The Kier molecular flexibility index (Phi) is 5.26. The van der Waals surface area contributed by atoms with Gasteiger partial charge in [0.2, 0.25) is 5.88 Å². The van der Waals surface area contributed by atoms with E-state index < -0.39 is 0 Å². The van der Waals surface area contributed by atoms with Crippen LogP contribution in [0.25, 0.3) is 0 Å². The van der Waals surface area contributed by atoms with Crippen molar-refractivity contribution >= 4 is 0 Å². The van der Waals surface area contributed by atoms with Gasteiger partial charge in [-0.25, -0.2) is 4.98 Å². The van der Waals surface area contributed by atoms with E-state index in [1.807, 2.05) is 18.2 Å². The van der Waals surface area contributed by atoms with Crippen LogP contribution < -0.4 is 10.1 Å². The smallest absolute Gasteiger partial charge is 0.213 e. The second-order valence-corrected chi connectivity index (χ2v) is 4.23. The molecule has 0 bridgehead atoms. The molecule has 0 aliphatic heterocycles. The van der Waals surface area contributed by atoms with Gasteiger partial charge in [-0.15, -0.1) is 0 Å². The second kappa shape index (κ2) is 6.48. The zero-order valence-electron chi connectivity index (χ0n) is 10.7. The molecular weight excluding hydrogens is 200 g/mol. The predicted octanol–water partition coefficient (Wildman–Crippen LogP) is 2.61. The summed E-state index contributed by atoms with van der Waals surface area (Å²) in [5.41, 5.74) is 1.02. The number of pyridine rings is 1. The van der Waals surface area contributed by atoms with Crippen molar-refractivity contribution in [3.8, 4) is 5.88 Å². The molecule has 16 heavy (non-hydrogen) atoms. The quantitative estimate of drug-likeness (QED) is 0.803. The lowest BCUT2D eigenvalue weighted by Gasteiger charge is -2.19. The van der Waals surface area contributed by atoms with E-state index in [2.05, 4.69) is 31.1 Å². The Labute approximate surface area is 98.2 Å². The summed E-state index contributed by atoms with van der Waals surface area (Å²) in [7, 11) is 1.64. The Morgan fingerprint density at radius 2 is 2.12 bits per heavy atom. The molecule has 1 aromatic heterocycles. The topological polar surface area (TPSA) is 34.1 Å².